The average Bonchev–Trinajstić information content (AvgIpc) is 3.17. The van der Waals surface area contributed by atoms with E-state index in [9.17, 15) is 4.79 Å². The van der Waals surface area contributed by atoms with Gasteiger partial charge in [0.2, 0.25) is 5.17 Å². The van der Waals surface area contributed by atoms with Crippen LogP contribution in [0, 0.1) is 5.41 Å². The zero-order chi connectivity index (χ0) is 22.0. The van der Waals surface area contributed by atoms with E-state index in [0.29, 0.717) is 16.6 Å². The first-order valence-electron chi connectivity index (χ1n) is 10.1. The van der Waals surface area contributed by atoms with Crippen LogP contribution in [0.15, 0.2) is 64.2 Å². The molecule has 6 nitrogen and oxygen atoms in total. The van der Waals surface area contributed by atoms with Crippen molar-refractivity contribution in [3.05, 3.63) is 70.3 Å². The van der Waals surface area contributed by atoms with Crippen molar-refractivity contribution in [1.29, 1.82) is 5.41 Å². The van der Waals surface area contributed by atoms with Gasteiger partial charge in [-0.15, -0.1) is 0 Å². The molecular weight excluding hydrogens is 430 g/mol. The molecule has 2 aromatic rings. The third kappa shape index (κ3) is 4.57. The molecule has 2 aromatic carbocycles. The number of hydrogen-bond donors (Lipinski definition) is 1. The SMILES string of the molecule is CCN(CC)c1ccc(/C=C2\C(=N)N3N=C(Cc4ccc(Cl)cc4)SC3=NC2=O)cc1. The molecule has 158 valence electrons. The minimum atomic E-state index is -0.417. The molecule has 0 saturated heterocycles. The molecule has 0 fully saturated rings. The number of halogens is 1. The van der Waals surface area contributed by atoms with Crippen LogP contribution < -0.4 is 4.90 Å². The van der Waals surface area contributed by atoms with Gasteiger partial charge in [-0.25, -0.2) is 0 Å². The van der Waals surface area contributed by atoms with Crippen LogP contribution in [-0.4, -0.2) is 40.1 Å². The number of carbonyl (C=O) groups is 1. The lowest BCUT2D eigenvalue weighted by molar-refractivity contribution is -0.114. The summed E-state index contributed by atoms with van der Waals surface area (Å²) in [5.41, 5.74) is 3.26. The summed E-state index contributed by atoms with van der Waals surface area (Å²) in [6, 6.07) is 15.5. The van der Waals surface area contributed by atoms with Crippen LogP contribution in [0.3, 0.4) is 0 Å². The molecule has 2 heterocycles. The van der Waals surface area contributed by atoms with Gasteiger partial charge in [-0.2, -0.15) is 15.1 Å². The Balaban J connectivity index is 1.54. The van der Waals surface area contributed by atoms with E-state index in [1.165, 1.54) is 16.8 Å². The molecule has 0 aromatic heterocycles. The number of thioether (sulfide) groups is 1. The first-order valence-corrected chi connectivity index (χ1v) is 11.3. The van der Waals surface area contributed by atoms with Crippen LogP contribution in [0.4, 0.5) is 5.69 Å². The number of benzene rings is 2. The largest absolute Gasteiger partial charge is 0.372 e. The molecule has 2 aliphatic rings. The Morgan fingerprint density at radius 2 is 1.77 bits per heavy atom. The zero-order valence-electron chi connectivity index (χ0n) is 17.3. The minimum absolute atomic E-state index is 0.0430. The Hall–Kier alpha value is -2.90. The van der Waals surface area contributed by atoms with Crippen molar-refractivity contribution in [1.82, 2.24) is 5.01 Å². The Kier molecular flexibility index (Phi) is 6.25. The van der Waals surface area contributed by atoms with Crippen molar-refractivity contribution in [2.75, 3.05) is 18.0 Å². The fraction of sp³-hybridized carbons (Fsp3) is 0.217. The maximum Gasteiger partial charge on any atom is 0.283 e. The van der Waals surface area contributed by atoms with E-state index < -0.39 is 5.91 Å². The van der Waals surface area contributed by atoms with E-state index in [4.69, 9.17) is 17.0 Å². The lowest BCUT2D eigenvalue weighted by Gasteiger charge is -2.21. The number of rotatable bonds is 6. The van der Waals surface area contributed by atoms with E-state index >= 15 is 0 Å². The maximum absolute atomic E-state index is 12.6. The lowest BCUT2D eigenvalue weighted by Crippen LogP contribution is -2.35. The highest BCUT2D eigenvalue weighted by Crippen LogP contribution is 2.30. The quantitative estimate of drug-likeness (QED) is 0.624. The molecule has 0 bridgehead atoms. The van der Waals surface area contributed by atoms with E-state index in [0.717, 1.165) is 34.9 Å². The molecule has 31 heavy (non-hydrogen) atoms. The van der Waals surface area contributed by atoms with Gasteiger partial charge in [-0.05, 0) is 67.1 Å². The summed E-state index contributed by atoms with van der Waals surface area (Å²) >= 11 is 7.27. The van der Waals surface area contributed by atoms with E-state index in [1.807, 2.05) is 48.5 Å². The van der Waals surface area contributed by atoms with Gasteiger partial charge in [0, 0.05) is 30.2 Å². The number of amidine groups is 2. The van der Waals surface area contributed by atoms with Crippen LogP contribution in [0.1, 0.15) is 25.0 Å². The summed E-state index contributed by atoms with van der Waals surface area (Å²) in [6.45, 7) is 6.10. The molecule has 1 N–H and O–H groups in total. The monoisotopic (exact) mass is 451 g/mol. The molecule has 2 aliphatic heterocycles. The number of fused-ring (bicyclic) bond motifs is 1. The van der Waals surface area contributed by atoms with Crippen LogP contribution in [0.2, 0.25) is 5.02 Å². The maximum atomic E-state index is 12.6. The third-order valence-electron chi connectivity index (χ3n) is 5.10. The zero-order valence-corrected chi connectivity index (χ0v) is 18.9. The predicted molar refractivity (Wildman–Crippen MR) is 130 cm³/mol. The number of aliphatic imine (C=N–C) groups is 1. The van der Waals surface area contributed by atoms with Crippen LogP contribution in [0.25, 0.3) is 6.08 Å². The number of amides is 1. The second-order valence-corrected chi connectivity index (χ2v) is 8.56. The molecule has 0 unspecified atom stereocenters. The summed E-state index contributed by atoms with van der Waals surface area (Å²) in [5, 5.41) is 16.4. The van der Waals surface area contributed by atoms with Crippen molar-refractivity contribution in [3.8, 4) is 0 Å². The van der Waals surface area contributed by atoms with Gasteiger partial charge < -0.3 is 4.90 Å². The Morgan fingerprint density at radius 1 is 1.10 bits per heavy atom. The Labute approximate surface area is 190 Å². The van der Waals surface area contributed by atoms with Crippen molar-refractivity contribution >= 4 is 57.1 Å². The Morgan fingerprint density at radius 3 is 2.42 bits per heavy atom. The highest BCUT2D eigenvalue weighted by molar-refractivity contribution is 8.26. The molecule has 0 radical (unpaired) electrons. The van der Waals surface area contributed by atoms with Gasteiger partial charge in [0.1, 0.15) is 5.04 Å². The number of hydrazone groups is 1. The number of nitrogens with zero attached hydrogens (tertiary/aromatic N) is 4. The third-order valence-corrected chi connectivity index (χ3v) is 6.26. The number of anilines is 1. The Bertz CT molecular complexity index is 1100. The first-order chi connectivity index (χ1) is 15.0. The van der Waals surface area contributed by atoms with E-state index in [2.05, 4.69) is 28.8 Å². The molecule has 0 aliphatic carbocycles. The summed E-state index contributed by atoms with van der Waals surface area (Å²) in [6.07, 6.45) is 2.29. The van der Waals surface area contributed by atoms with E-state index in [-0.39, 0.29) is 11.4 Å². The van der Waals surface area contributed by atoms with Crippen LogP contribution in [-0.2, 0) is 11.2 Å². The fourth-order valence-corrected chi connectivity index (χ4v) is 4.46. The second kappa shape index (κ2) is 9.08. The van der Waals surface area contributed by atoms with Crippen LogP contribution >= 0.6 is 23.4 Å². The molecule has 8 heteroatoms. The van der Waals surface area contributed by atoms with Gasteiger partial charge in [-0.1, -0.05) is 35.9 Å². The van der Waals surface area contributed by atoms with Crippen molar-refractivity contribution in [2.24, 2.45) is 10.1 Å². The van der Waals surface area contributed by atoms with Gasteiger partial charge in [0.05, 0.1) is 5.57 Å². The molecule has 0 atom stereocenters. The van der Waals surface area contributed by atoms with Gasteiger partial charge >= 0.3 is 0 Å². The van der Waals surface area contributed by atoms with Gasteiger partial charge in [-0.3, -0.25) is 10.2 Å². The molecular formula is C23H22ClN5OS. The van der Waals surface area contributed by atoms with Crippen LogP contribution in [0.5, 0.6) is 0 Å². The second-order valence-electron chi connectivity index (χ2n) is 7.08. The average molecular weight is 452 g/mol. The van der Waals surface area contributed by atoms with E-state index in [1.54, 1.807) is 6.08 Å². The first kappa shape index (κ1) is 21.3. The fourth-order valence-electron chi connectivity index (χ4n) is 3.42. The normalized spacial score (nSPS) is 17.0. The van der Waals surface area contributed by atoms with Crippen molar-refractivity contribution in [3.63, 3.8) is 0 Å². The summed E-state index contributed by atoms with van der Waals surface area (Å²) in [5.74, 6) is -0.374. The van der Waals surface area contributed by atoms with Crippen molar-refractivity contribution in [2.45, 2.75) is 20.3 Å². The number of carbonyl (C=O) groups excluding carboxylic acids is 1. The predicted octanol–water partition coefficient (Wildman–Crippen LogP) is 5.05. The summed E-state index contributed by atoms with van der Waals surface area (Å²) in [7, 11) is 0. The highest BCUT2D eigenvalue weighted by atomic mass is 35.5. The van der Waals surface area contributed by atoms with Crippen molar-refractivity contribution < 1.29 is 4.79 Å². The molecule has 1 amide bonds. The highest BCUT2D eigenvalue weighted by Gasteiger charge is 2.35. The molecule has 4 rings (SSSR count). The number of nitrogens with one attached hydrogen (secondary N) is 1. The minimum Gasteiger partial charge on any atom is -0.372 e. The van der Waals surface area contributed by atoms with Gasteiger partial charge in [0.25, 0.3) is 5.91 Å². The molecule has 0 spiro atoms. The lowest BCUT2D eigenvalue weighted by atomic mass is 10.1. The van der Waals surface area contributed by atoms with Gasteiger partial charge in [0.15, 0.2) is 5.84 Å². The standard InChI is InChI=1S/C23H22ClN5OS/c1-3-28(4-2)18-11-7-15(8-12-18)13-19-21(25)29-23(26-22(19)30)31-20(27-29)14-16-5-9-17(24)10-6-16/h5-13,25H,3-4,14H2,1-2H3/b19-13+,25-21?. The molecule has 0 saturated carbocycles. The smallest absolute Gasteiger partial charge is 0.283 e. The number of hydrogen-bond acceptors (Lipinski definition) is 5. The summed E-state index contributed by atoms with van der Waals surface area (Å²) in [4.78, 5) is 19.0. The topological polar surface area (TPSA) is 72.1 Å². The summed E-state index contributed by atoms with van der Waals surface area (Å²) < 4.78 is 0.